The highest BCUT2D eigenvalue weighted by atomic mass is 35.5. The van der Waals surface area contributed by atoms with E-state index in [1.165, 1.54) is 6.07 Å². The fourth-order valence-corrected chi connectivity index (χ4v) is 3.32. The van der Waals surface area contributed by atoms with Crippen LogP contribution in [0.4, 0.5) is 5.69 Å². The predicted molar refractivity (Wildman–Crippen MR) is 79.0 cm³/mol. The van der Waals surface area contributed by atoms with E-state index in [0.29, 0.717) is 6.61 Å². The van der Waals surface area contributed by atoms with Crippen LogP contribution in [0.5, 0.6) is 0 Å². The number of nitro benzene ring substituents is 1. The Morgan fingerprint density at radius 1 is 1.43 bits per heavy atom. The first kappa shape index (κ1) is 17.8. The number of non-ortho nitro benzene ring substituents is 1. The van der Waals surface area contributed by atoms with Crippen LogP contribution in [-0.4, -0.2) is 32.1 Å². The minimum absolute atomic E-state index is 0.0161. The lowest BCUT2D eigenvalue weighted by molar-refractivity contribution is -0.385. The molecule has 0 aliphatic heterocycles. The second kappa shape index (κ2) is 6.69. The van der Waals surface area contributed by atoms with Crippen LogP contribution in [0.15, 0.2) is 23.1 Å². The molecule has 118 valence electrons. The maximum absolute atomic E-state index is 12.2. The zero-order valence-corrected chi connectivity index (χ0v) is 13.5. The summed E-state index contributed by atoms with van der Waals surface area (Å²) in [5.41, 5.74) is -1.04. The third kappa shape index (κ3) is 4.92. The van der Waals surface area contributed by atoms with Crippen molar-refractivity contribution in [2.24, 2.45) is 0 Å². The maximum atomic E-state index is 12.2. The van der Waals surface area contributed by atoms with Gasteiger partial charge >= 0.3 is 0 Å². The van der Waals surface area contributed by atoms with Crippen LogP contribution in [0.3, 0.4) is 0 Å². The first-order chi connectivity index (χ1) is 9.59. The van der Waals surface area contributed by atoms with Crippen molar-refractivity contribution in [1.29, 1.82) is 0 Å². The van der Waals surface area contributed by atoms with Crippen molar-refractivity contribution in [3.8, 4) is 0 Å². The van der Waals surface area contributed by atoms with Crippen LogP contribution in [-0.2, 0) is 14.8 Å². The van der Waals surface area contributed by atoms with Gasteiger partial charge in [-0.25, -0.2) is 13.1 Å². The zero-order chi connectivity index (χ0) is 16.3. The van der Waals surface area contributed by atoms with E-state index in [9.17, 15) is 18.5 Å². The average Bonchev–Trinajstić information content (AvgIpc) is 2.36. The van der Waals surface area contributed by atoms with E-state index in [1.54, 1.807) is 20.8 Å². The molecule has 0 aliphatic rings. The SMILES string of the molecule is CCOC(C)(C)CNS(=O)(=O)c1cc([N+](=O)[O-])ccc1Cl. The van der Waals surface area contributed by atoms with Crippen molar-refractivity contribution in [2.45, 2.75) is 31.3 Å². The molecular formula is C12H17ClN2O5S. The van der Waals surface area contributed by atoms with Crippen molar-refractivity contribution in [3.05, 3.63) is 33.3 Å². The number of nitro groups is 1. The van der Waals surface area contributed by atoms with Crippen molar-refractivity contribution in [3.63, 3.8) is 0 Å². The summed E-state index contributed by atoms with van der Waals surface area (Å²) in [6.45, 7) is 5.71. The smallest absolute Gasteiger partial charge is 0.270 e. The number of halogens is 1. The summed E-state index contributed by atoms with van der Waals surface area (Å²) >= 11 is 5.82. The van der Waals surface area contributed by atoms with E-state index in [2.05, 4.69) is 4.72 Å². The number of rotatable bonds is 7. The van der Waals surface area contributed by atoms with Gasteiger partial charge < -0.3 is 4.74 Å². The highest BCUT2D eigenvalue weighted by Gasteiger charge is 2.25. The molecule has 0 aliphatic carbocycles. The van der Waals surface area contributed by atoms with E-state index in [-0.39, 0.29) is 22.2 Å². The van der Waals surface area contributed by atoms with Gasteiger partial charge in [0.1, 0.15) is 4.90 Å². The Hall–Kier alpha value is -1.22. The lowest BCUT2D eigenvalue weighted by atomic mass is 10.1. The predicted octanol–water partition coefficient (Wildman–Crippen LogP) is 2.34. The topological polar surface area (TPSA) is 98.5 Å². The van der Waals surface area contributed by atoms with Gasteiger partial charge in [-0.2, -0.15) is 0 Å². The highest BCUT2D eigenvalue weighted by molar-refractivity contribution is 7.89. The van der Waals surface area contributed by atoms with Crippen LogP contribution < -0.4 is 4.72 Å². The van der Waals surface area contributed by atoms with Gasteiger partial charge in [-0.15, -0.1) is 0 Å². The van der Waals surface area contributed by atoms with Crippen LogP contribution in [0.1, 0.15) is 20.8 Å². The molecule has 0 aromatic heterocycles. The van der Waals surface area contributed by atoms with E-state index in [1.807, 2.05) is 0 Å². The minimum atomic E-state index is -3.96. The molecule has 0 fully saturated rings. The number of nitrogens with one attached hydrogen (secondary N) is 1. The Bertz CT molecular complexity index is 631. The molecule has 1 N–H and O–H groups in total. The lowest BCUT2D eigenvalue weighted by Crippen LogP contribution is -2.40. The van der Waals surface area contributed by atoms with Gasteiger partial charge in [0, 0.05) is 25.3 Å². The summed E-state index contributed by atoms with van der Waals surface area (Å²) in [4.78, 5) is 9.71. The molecule has 0 amide bonds. The van der Waals surface area contributed by atoms with Crippen molar-refractivity contribution >= 4 is 27.3 Å². The monoisotopic (exact) mass is 336 g/mol. The Labute approximate surface area is 128 Å². The molecule has 1 rings (SSSR count). The maximum Gasteiger partial charge on any atom is 0.270 e. The van der Waals surface area contributed by atoms with Crippen molar-refractivity contribution < 1.29 is 18.1 Å². The van der Waals surface area contributed by atoms with Gasteiger partial charge in [-0.1, -0.05) is 11.6 Å². The van der Waals surface area contributed by atoms with Gasteiger partial charge in [0.15, 0.2) is 0 Å². The largest absolute Gasteiger partial charge is 0.375 e. The van der Waals surface area contributed by atoms with Crippen molar-refractivity contribution in [2.75, 3.05) is 13.2 Å². The first-order valence-electron chi connectivity index (χ1n) is 6.16. The third-order valence-electron chi connectivity index (χ3n) is 2.64. The molecule has 0 spiro atoms. The molecule has 0 bridgehead atoms. The molecule has 0 radical (unpaired) electrons. The summed E-state index contributed by atoms with van der Waals surface area (Å²) in [6, 6.07) is 3.26. The molecule has 0 saturated heterocycles. The molecule has 9 heteroatoms. The Kier molecular flexibility index (Phi) is 5.68. The molecule has 21 heavy (non-hydrogen) atoms. The first-order valence-corrected chi connectivity index (χ1v) is 8.03. The average molecular weight is 337 g/mol. The number of ether oxygens (including phenoxy) is 1. The van der Waals surface area contributed by atoms with Gasteiger partial charge in [0.25, 0.3) is 5.69 Å². The van der Waals surface area contributed by atoms with Gasteiger partial charge in [0.2, 0.25) is 10.0 Å². The fourth-order valence-electron chi connectivity index (χ4n) is 1.60. The van der Waals surface area contributed by atoms with Gasteiger partial charge in [0.05, 0.1) is 15.5 Å². The summed E-state index contributed by atoms with van der Waals surface area (Å²) in [5.74, 6) is 0. The van der Waals surface area contributed by atoms with Crippen LogP contribution >= 0.6 is 11.6 Å². The molecule has 1 aromatic carbocycles. The van der Waals surface area contributed by atoms with E-state index >= 15 is 0 Å². The molecule has 0 heterocycles. The summed E-state index contributed by atoms with van der Waals surface area (Å²) < 4.78 is 32.1. The normalized spacial score (nSPS) is 12.4. The van der Waals surface area contributed by atoms with Crippen LogP contribution in [0, 0.1) is 10.1 Å². The fraction of sp³-hybridized carbons (Fsp3) is 0.500. The lowest BCUT2D eigenvalue weighted by Gasteiger charge is -2.24. The third-order valence-corrected chi connectivity index (χ3v) is 4.52. The minimum Gasteiger partial charge on any atom is -0.375 e. The summed E-state index contributed by atoms with van der Waals surface area (Å²) in [7, 11) is -3.96. The molecule has 7 nitrogen and oxygen atoms in total. The number of nitrogens with zero attached hydrogens (tertiary/aromatic N) is 1. The van der Waals surface area contributed by atoms with E-state index in [4.69, 9.17) is 16.3 Å². The molecule has 1 aromatic rings. The Balaban J connectivity index is 3.03. The van der Waals surface area contributed by atoms with Crippen LogP contribution in [0.25, 0.3) is 0 Å². The van der Waals surface area contributed by atoms with Crippen molar-refractivity contribution in [1.82, 2.24) is 4.72 Å². The standard InChI is InChI=1S/C12H17ClN2O5S/c1-4-20-12(2,3)8-14-21(18,19)11-7-9(15(16)17)5-6-10(11)13/h5-7,14H,4,8H2,1-3H3. The summed E-state index contributed by atoms with van der Waals surface area (Å²) in [6.07, 6.45) is 0. The molecular weight excluding hydrogens is 320 g/mol. The Morgan fingerprint density at radius 2 is 2.05 bits per heavy atom. The Morgan fingerprint density at radius 3 is 2.57 bits per heavy atom. The number of sulfonamides is 1. The second-order valence-corrected chi connectivity index (χ2v) is 7.03. The zero-order valence-electron chi connectivity index (χ0n) is 11.9. The van der Waals surface area contributed by atoms with E-state index < -0.39 is 20.5 Å². The van der Waals surface area contributed by atoms with Crippen LogP contribution in [0.2, 0.25) is 5.02 Å². The summed E-state index contributed by atoms with van der Waals surface area (Å²) in [5, 5.41) is 10.6. The number of hydrogen-bond donors (Lipinski definition) is 1. The molecule has 0 atom stereocenters. The second-order valence-electron chi connectivity index (χ2n) is 4.89. The number of benzene rings is 1. The molecule has 0 unspecified atom stereocenters. The molecule has 0 saturated carbocycles. The van der Waals surface area contributed by atoms with E-state index in [0.717, 1.165) is 12.1 Å². The van der Waals surface area contributed by atoms with Gasteiger partial charge in [-0.3, -0.25) is 10.1 Å². The number of hydrogen-bond acceptors (Lipinski definition) is 5. The highest BCUT2D eigenvalue weighted by Crippen LogP contribution is 2.26. The van der Waals surface area contributed by atoms with Gasteiger partial charge in [-0.05, 0) is 26.8 Å². The quantitative estimate of drug-likeness (QED) is 0.608.